The van der Waals surface area contributed by atoms with Crippen LogP contribution in [0.25, 0.3) is 5.57 Å². The minimum Gasteiger partial charge on any atom is -0.508 e. The lowest BCUT2D eigenvalue weighted by Gasteiger charge is -1.99. The minimum atomic E-state index is 0.331. The highest BCUT2D eigenvalue weighted by atomic mass is 33.1. The van der Waals surface area contributed by atoms with E-state index >= 15 is 0 Å². The predicted octanol–water partition coefficient (Wildman–Crippen LogP) is 3.13. The lowest BCUT2D eigenvalue weighted by Crippen LogP contribution is -1.81. The van der Waals surface area contributed by atoms with E-state index in [1.807, 2.05) is 22.9 Å². The van der Waals surface area contributed by atoms with Crippen molar-refractivity contribution in [1.82, 2.24) is 0 Å². The smallest absolute Gasteiger partial charge is 0.115 e. The normalized spacial score (nSPS) is 16.2. The molecule has 1 N–H and O–H groups in total. The zero-order chi connectivity index (χ0) is 8.39. The maximum atomic E-state index is 9.07. The maximum absolute atomic E-state index is 9.07. The molecular formula is C9H8OS2. The first kappa shape index (κ1) is 8.08. The summed E-state index contributed by atoms with van der Waals surface area (Å²) >= 11 is 0. The van der Waals surface area contributed by atoms with E-state index in [9.17, 15) is 0 Å². The molecule has 0 fully saturated rings. The van der Waals surface area contributed by atoms with Crippen LogP contribution in [0.3, 0.4) is 0 Å². The van der Waals surface area contributed by atoms with E-state index in [-0.39, 0.29) is 0 Å². The van der Waals surface area contributed by atoms with E-state index in [0.29, 0.717) is 5.75 Å². The molecule has 0 aromatic heterocycles. The molecule has 12 heavy (non-hydrogen) atoms. The summed E-state index contributed by atoms with van der Waals surface area (Å²) in [4.78, 5) is 0. The third-order valence-electron chi connectivity index (χ3n) is 1.71. The van der Waals surface area contributed by atoms with Crippen LogP contribution in [0.5, 0.6) is 5.75 Å². The number of rotatable bonds is 1. The topological polar surface area (TPSA) is 20.2 Å². The first-order valence-electron chi connectivity index (χ1n) is 3.63. The van der Waals surface area contributed by atoms with Gasteiger partial charge < -0.3 is 5.11 Å². The van der Waals surface area contributed by atoms with Crippen LogP contribution in [0, 0.1) is 0 Å². The summed E-state index contributed by atoms with van der Waals surface area (Å²) in [7, 11) is 3.62. The van der Waals surface area contributed by atoms with Crippen molar-refractivity contribution in [3.8, 4) is 5.75 Å². The summed E-state index contributed by atoms with van der Waals surface area (Å²) in [6, 6.07) is 7.36. The van der Waals surface area contributed by atoms with E-state index in [1.165, 1.54) is 11.1 Å². The second-order valence-electron chi connectivity index (χ2n) is 2.55. The van der Waals surface area contributed by atoms with Crippen LogP contribution < -0.4 is 0 Å². The molecule has 1 aromatic carbocycles. The van der Waals surface area contributed by atoms with Gasteiger partial charge in [-0.3, -0.25) is 0 Å². The van der Waals surface area contributed by atoms with Gasteiger partial charge in [0.05, 0.1) is 0 Å². The molecule has 0 saturated carbocycles. The van der Waals surface area contributed by atoms with Crippen LogP contribution in [-0.2, 0) is 0 Å². The van der Waals surface area contributed by atoms with Gasteiger partial charge >= 0.3 is 0 Å². The molecule has 0 saturated heterocycles. The molecule has 1 nitrogen and oxygen atoms in total. The highest BCUT2D eigenvalue weighted by Crippen LogP contribution is 2.38. The lowest BCUT2D eigenvalue weighted by atomic mass is 10.1. The molecule has 0 aliphatic carbocycles. The molecular weight excluding hydrogens is 188 g/mol. The van der Waals surface area contributed by atoms with Gasteiger partial charge in [0, 0.05) is 5.75 Å². The first-order chi connectivity index (χ1) is 5.86. The molecule has 0 unspecified atom stereocenters. The Bertz CT molecular complexity index is 303. The molecule has 1 aromatic rings. The van der Waals surface area contributed by atoms with Crippen molar-refractivity contribution < 1.29 is 5.11 Å². The Morgan fingerprint density at radius 2 is 1.92 bits per heavy atom. The predicted molar refractivity (Wildman–Crippen MR) is 56.1 cm³/mol. The average molecular weight is 196 g/mol. The second kappa shape index (κ2) is 3.46. The number of hydrogen-bond acceptors (Lipinski definition) is 3. The average Bonchev–Trinajstić information content (AvgIpc) is 2.58. The summed E-state index contributed by atoms with van der Waals surface area (Å²) in [5, 5.41) is 11.2. The van der Waals surface area contributed by atoms with Crippen LogP contribution in [0.4, 0.5) is 0 Å². The molecule has 1 aliphatic heterocycles. The van der Waals surface area contributed by atoms with Crippen molar-refractivity contribution in [2.24, 2.45) is 0 Å². The third kappa shape index (κ3) is 1.62. The van der Waals surface area contributed by atoms with E-state index in [4.69, 9.17) is 5.11 Å². The molecule has 62 valence electrons. The maximum Gasteiger partial charge on any atom is 0.115 e. The largest absolute Gasteiger partial charge is 0.508 e. The molecule has 2 rings (SSSR count). The molecule has 1 heterocycles. The number of phenolic OH excluding ortho intramolecular Hbond substituents is 1. The molecule has 1 aliphatic rings. The van der Waals surface area contributed by atoms with Gasteiger partial charge in [-0.05, 0) is 28.7 Å². The fourth-order valence-electron chi connectivity index (χ4n) is 1.05. The zero-order valence-electron chi connectivity index (χ0n) is 6.36. The summed E-state index contributed by atoms with van der Waals surface area (Å²) in [5.41, 5.74) is 2.57. The van der Waals surface area contributed by atoms with E-state index < -0.39 is 0 Å². The molecule has 0 amide bonds. The Labute approximate surface area is 79.3 Å². The van der Waals surface area contributed by atoms with Crippen LogP contribution in [0.15, 0.2) is 29.7 Å². The summed E-state index contributed by atoms with van der Waals surface area (Å²) in [6.45, 7) is 0. The molecule has 0 radical (unpaired) electrons. The van der Waals surface area contributed by atoms with Gasteiger partial charge in [-0.15, -0.1) is 0 Å². The van der Waals surface area contributed by atoms with E-state index in [2.05, 4.69) is 5.41 Å². The van der Waals surface area contributed by atoms with Crippen molar-refractivity contribution >= 4 is 27.2 Å². The first-order valence-corrected chi connectivity index (χ1v) is 6.01. The Balaban J connectivity index is 2.28. The number of hydrogen-bond donors (Lipinski definition) is 1. The summed E-state index contributed by atoms with van der Waals surface area (Å²) < 4.78 is 0. The van der Waals surface area contributed by atoms with Crippen molar-refractivity contribution in [3.63, 3.8) is 0 Å². The Hall–Kier alpha value is -0.540. The number of benzene rings is 1. The van der Waals surface area contributed by atoms with Crippen molar-refractivity contribution in [3.05, 3.63) is 35.2 Å². The molecule has 3 heteroatoms. The standard InChI is InChI=1S/C9H8OS2/c10-9-3-1-7(2-4-9)8-5-11-12-6-8/h1-5,10H,6H2. The monoisotopic (exact) mass is 196 g/mol. The van der Waals surface area contributed by atoms with Crippen LogP contribution in [-0.4, -0.2) is 10.9 Å². The van der Waals surface area contributed by atoms with Crippen LogP contribution >= 0.6 is 21.6 Å². The van der Waals surface area contributed by atoms with E-state index in [1.54, 1.807) is 22.9 Å². The molecule has 0 atom stereocenters. The quantitative estimate of drug-likeness (QED) is 0.697. The SMILES string of the molecule is Oc1ccc(C2=CSSC2)cc1. The van der Waals surface area contributed by atoms with Gasteiger partial charge in [0.25, 0.3) is 0 Å². The zero-order valence-corrected chi connectivity index (χ0v) is 7.99. The second-order valence-corrected chi connectivity index (χ2v) is 4.79. The lowest BCUT2D eigenvalue weighted by molar-refractivity contribution is 0.475. The van der Waals surface area contributed by atoms with Crippen molar-refractivity contribution in [2.75, 3.05) is 5.75 Å². The third-order valence-corrected chi connectivity index (χ3v) is 3.71. The summed E-state index contributed by atoms with van der Waals surface area (Å²) in [6.07, 6.45) is 0. The minimum absolute atomic E-state index is 0.331. The van der Waals surface area contributed by atoms with Gasteiger partial charge in [-0.1, -0.05) is 33.7 Å². The van der Waals surface area contributed by atoms with Crippen molar-refractivity contribution in [2.45, 2.75) is 0 Å². The molecule has 0 spiro atoms. The Kier molecular flexibility index (Phi) is 2.33. The number of aromatic hydroxyl groups is 1. The van der Waals surface area contributed by atoms with E-state index in [0.717, 1.165) is 5.75 Å². The fourth-order valence-corrected chi connectivity index (χ4v) is 3.14. The van der Waals surface area contributed by atoms with Gasteiger partial charge in [-0.2, -0.15) is 0 Å². The summed E-state index contributed by atoms with van der Waals surface area (Å²) in [5.74, 6) is 1.40. The molecule has 0 bridgehead atoms. The van der Waals surface area contributed by atoms with Gasteiger partial charge in [0.2, 0.25) is 0 Å². The highest BCUT2D eigenvalue weighted by molar-refractivity contribution is 8.78. The Morgan fingerprint density at radius 3 is 2.50 bits per heavy atom. The highest BCUT2D eigenvalue weighted by Gasteiger charge is 2.07. The Morgan fingerprint density at radius 1 is 1.17 bits per heavy atom. The van der Waals surface area contributed by atoms with Gasteiger partial charge in [0.1, 0.15) is 5.75 Å². The number of phenols is 1. The van der Waals surface area contributed by atoms with Crippen LogP contribution in [0.2, 0.25) is 0 Å². The fraction of sp³-hybridized carbons (Fsp3) is 0.111. The van der Waals surface area contributed by atoms with Crippen molar-refractivity contribution in [1.29, 1.82) is 0 Å². The van der Waals surface area contributed by atoms with Gasteiger partial charge in [-0.25, -0.2) is 0 Å². The van der Waals surface area contributed by atoms with Gasteiger partial charge in [0.15, 0.2) is 0 Å². The van der Waals surface area contributed by atoms with Crippen LogP contribution in [0.1, 0.15) is 5.56 Å².